The lowest BCUT2D eigenvalue weighted by molar-refractivity contribution is -0.130. The molecule has 1 aliphatic rings. The van der Waals surface area contributed by atoms with Crippen LogP contribution in [-0.2, 0) is 4.79 Å². The Kier molecular flexibility index (Phi) is 5.24. The zero-order chi connectivity index (χ0) is 13.7. The number of β-amino-alcohol motifs (C(OH)–C–C–N with tert-alkyl or cyclic N) is 2. The molecule has 1 aliphatic heterocycles. The van der Waals surface area contributed by atoms with Crippen LogP contribution in [-0.4, -0.2) is 52.1 Å². The number of aliphatic hydroxyl groups is 2. The van der Waals surface area contributed by atoms with Crippen molar-refractivity contribution in [3.05, 3.63) is 30.3 Å². The van der Waals surface area contributed by atoms with Crippen molar-refractivity contribution in [2.75, 3.05) is 18.8 Å². The molecule has 0 bridgehead atoms. The van der Waals surface area contributed by atoms with E-state index in [1.807, 2.05) is 18.2 Å². The molecular formula is C14H19NO3S. The van der Waals surface area contributed by atoms with E-state index in [2.05, 4.69) is 12.1 Å². The lowest BCUT2D eigenvalue weighted by Crippen LogP contribution is -2.29. The van der Waals surface area contributed by atoms with Gasteiger partial charge in [0.15, 0.2) is 0 Å². The van der Waals surface area contributed by atoms with Crippen molar-refractivity contribution in [2.45, 2.75) is 29.9 Å². The molecular weight excluding hydrogens is 262 g/mol. The van der Waals surface area contributed by atoms with Crippen molar-refractivity contribution in [1.82, 2.24) is 4.90 Å². The van der Waals surface area contributed by atoms with Gasteiger partial charge >= 0.3 is 0 Å². The maximum Gasteiger partial charge on any atom is 0.222 e. The minimum Gasteiger partial charge on any atom is -0.388 e. The molecule has 1 fully saturated rings. The molecule has 1 heterocycles. The van der Waals surface area contributed by atoms with Crippen LogP contribution in [0.4, 0.5) is 0 Å². The number of benzene rings is 1. The van der Waals surface area contributed by atoms with Crippen LogP contribution in [0.3, 0.4) is 0 Å². The van der Waals surface area contributed by atoms with E-state index in [-0.39, 0.29) is 19.0 Å². The minimum absolute atomic E-state index is 0.0178. The number of hydrogen-bond acceptors (Lipinski definition) is 4. The summed E-state index contributed by atoms with van der Waals surface area (Å²) in [5, 5.41) is 18.8. The van der Waals surface area contributed by atoms with Crippen LogP contribution in [0.2, 0.25) is 0 Å². The standard InChI is InChI=1S/C14H19NO3S/c16-12-9-15(10-13(12)17)14(18)7-4-8-19-11-5-2-1-3-6-11/h1-3,5-6,12-13,16-17H,4,7-10H2/t12-,13+. The predicted octanol–water partition coefficient (Wildman–Crippen LogP) is 1.12. The molecule has 2 N–H and O–H groups in total. The molecule has 104 valence electrons. The first-order chi connectivity index (χ1) is 9.16. The summed E-state index contributed by atoms with van der Waals surface area (Å²) < 4.78 is 0. The molecule has 0 aliphatic carbocycles. The average Bonchev–Trinajstić information content (AvgIpc) is 2.76. The van der Waals surface area contributed by atoms with Gasteiger partial charge in [0.25, 0.3) is 0 Å². The Morgan fingerprint density at radius 1 is 1.21 bits per heavy atom. The third kappa shape index (κ3) is 4.23. The van der Waals surface area contributed by atoms with Gasteiger partial charge in [-0.05, 0) is 24.3 Å². The second-order valence-corrected chi connectivity index (χ2v) is 5.87. The summed E-state index contributed by atoms with van der Waals surface area (Å²) in [7, 11) is 0. The van der Waals surface area contributed by atoms with Crippen LogP contribution in [0.25, 0.3) is 0 Å². The number of aliphatic hydroxyl groups excluding tert-OH is 2. The summed E-state index contributed by atoms with van der Waals surface area (Å²) in [6.45, 7) is 0.512. The monoisotopic (exact) mass is 281 g/mol. The number of hydrogen-bond donors (Lipinski definition) is 2. The van der Waals surface area contributed by atoms with Crippen molar-refractivity contribution in [3.63, 3.8) is 0 Å². The molecule has 0 aromatic heterocycles. The molecule has 0 radical (unpaired) electrons. The summed E-state index contributed by atoms with van der Waals surface area (Å²) >= 11 is 1.74. The Morgan fingerprint density at radius 2 is 1.84 bits per heavy atom. The average molecular weight is 281 g/mol. The van der Waals surface area contributed by atoms with Crippen LogP contribution in [0, 0.1) is 0 Å². The Hall–Kier alpha value is -1.04. The summed E-state index contributed by atoms with van der Waals surface area (Å²) in [6.07, 6.45) is -0.300. The fourth-order valence-corrected chi connectivity index (χ4v) is 2.94. The van der Waals surface area contributed by atoms with Gasteiger partial charge in [-0.1, -0.05) is 18.2 Å². The summed E-state index contributed by atoms with van der Waals surface area (Å²) in [5.74, 6) is 0.915. The van der Waals surface area contributed by atoms with Gasteiger partial charge in [-0.25, -0.2) is 0 Å². The Balaban J connectivity index is 1.65. The highest BCUT2D eigenvalue weighted by Gasteiger charge is 2.31. The highest BCUT2D eigenvalue weighted by Crippen LogP contribution is 2.19. The van der Waals surface area contributed by atoms with E-state index in [0.717, 1.165) is 12.2 Å². The lowest BCUT2D eigenvalue weighted by Gasteiger charge is -2.14. The van der Waals surface area contributed by atoms with E-state index in [1.165, 1.54) is 4.90 Å². The van der Waals surface area contributed by atoms with Gasteiger partial charge in [-0.15, -0.1) is 11.8 Å². The Morgan fingerprint density at radius 3 is 2.47 bits per heavy atom. The molecule has 4 nitrogen and oxygen atoms in total. The van der Waals surface area contributed by atoms with E-state index in [9.17, 15) is 15.0 Å². The fourth-order valence-electron chi connectivity index (χ4n) is 2.06. The molecule has 1 aromatic carbocycles. The van der Waals surface area contributed by atoms with Gasteiger partial charge in [0.05, 0.1) is 12.2 Å². The summed E-state index contributed by atoms with van der Waals surface area (Å²) in [4.78, 5) is 14.6. The van der Waals surface area contributed by atoms with Gasteiger partial charge in [-0.2, -0.15) is 0 Å². The van der Waals surface area contributed by atoms with Crippen LogP contribution >= 0.6 is 11.8 Å². The van der Waals surface area contributed by atoms with E-state index in [0.29, 0.717) is 6.42 Å². The maximum absolute atomic E-state index is 11.8. The molecule has 2 rings (SSSR count). The molecule has 0 unspecified atom stereocenters. The Bertz CT molecular complexity index is 402. The zero-order valence-corrected chi connectivity index (χ0v) is 11.6. The number of carbonyl (C=O) groups is 1. The largest absolute Gasteiger partial charge is 0.388 e. The SMILES string of the molecule is O=C(CCCSc1ccccc1)N1C[C@@H](O)[C@@H](O)C1. The van der Waals surface area contributed by atoms with Crippen LogP contribution in [0.1, 0.15) is 12.8 Å². The quantitative estimate of drug-likeness (QED) is 0.627. The van der Waals surface area contributed by atoms with E-state index >= 15 is 0 Å². The van der Waals surface area contributed by atoms with Gasteiger partial charge < -0.3 is 15.1 Å². The number of thioether (sulfide) groups is 1. The van der Waals surface area contributed by atoms with Crippen molar-refractivity contribution >= 4 is 17.7 Å². The fraction of sp³-hybridized carbons (Fsp3) is 0.500. The molecule has 5 heteroatoms. The zero-order valence-electron chi connectivity index (χ0n) is 10.7. The third-order valence-electron chi connectivity index (χ3n) is 3.16. The molecule has 0 saturated carbocycles. The first kappa shape index (κ1) is 14.4. The smallest absolute Gasteiger partial charge is 0.222 e. The van der Waals surface area contributed by atoms with Crippen LogP contribution in [0.5, 0.6) is 0 Å². The number of rotatable bonds is 5. The topological polar surface area (TPSA) is 60.8 Å². The van der Waals surface area contributed by atoms with Crippen molar-refractivity contribution in [2.24, 2.45) is 0 Å². The van der Waals surface area contributed by atoms with Crippen LogP contribution < -0.4 is 0 Å². The maximum atomic E-state index is 11.8. The molecule has 0 spiro atoms. The van der Waals surface area contributed by atoms with E-state index in [1.54, 1.807) is 16.7 Å². The second-order valence-electron chi connectivity index (χ2n) is 4.70. The van der Waals surface area contributed by atoms with Gasteiger partial charge in [0.1, 0.15) is 0 Å². The van der Waals surface area contributed by atoms with Gasteiger partial charge in [0, 0.05) is 24.4 Å². The molecule has 1 saturated heterocycles. The van der Waals surface area contributed by atoms with Gasteiger partial charge in [0.2, 0.25) is 5.91 Å². The number of nitrogens with zero attached hydrogens (tertiary/aromatic N) is 1. The number of carbonyl (C=O) groups excluding carboxylic acids is 1. The molecule has 2 atom stereocenters. The third-order valence-corrected chi connectivity index (χ3v) is 4.26. The number of likely N-dealkylation sites (tertiary alicyclic amines) is 1. The van der Waals surface area contributed by atoms with E-state index in [4.69, 9.17) is 0 Å². The lowest BCUT2D eigenvalue weighted by atomic mass is 10.3. The molecule has 1 aromatic rings. The predicted molar refractivity (Wildman–Crippen MR) is 75.0 cm³/mol. The highest BCUT2D eigenvalue weighted by molar-refractivity contribution is 7.99. The van der Waals surface area contributed by atoms with Crippen LogP contribution in [0.15, 0.2) is 35.2 Å². The normalized spacial score (nSPS) is 22.7. The summed E-state index contributed by atoms with van der Waals surface area (Å²) in [5.41, 5.74) is 0. The summed E-state index contributed by atoms with van der Waals surface area (Å²) in [6, 6.07) is 10.1. The van der Waals surface area contributed by atoms with E-state index < -0.39 is 12.2 Å². The first-order valence-corrected chi connectivity index (χ1v) is 7.47. The van der Waals surface area contributed by atoms with Gasteiger partial charge in [-0.3, -0.25) is 4.79 Å². The first-order valence-electron chi connectivity index (χ1n) is 6.48. The van der Waals surface area contributed by atoms with Crippen molar-refractivity contribution < 1.29 is 15.0 Å². The molecule has 1 amide bonds. The minimum atomic E-state index is -0.789. The highest BCUT2D eigenvalue weighted by atomic mass is 32.2. The van der Waals surface area contributed by atoms with Crippen molar-refractivity contribution in [3.8, 4) is 0 Å². The Labute approximate surface area is 117 Å². The van der Waals surface area contributed by atoms with Crippen molar-refractivity contribution in [1.29, 1.82) is 0 Å². The second kappa shape index (κ2) is 6.93. The molecule has 19 heavy (non-hydrogen) atoms. The number of amides is 1.